The van der Waals surface area contributed by atoms with Gasteiger partial charge >= 0.3 is 0 Å². The fourth-order valence-corrected chi connectivity index (χ4v) is 2.05. The van der Waals surface area contributed by atoms with Crippen molar-refractivity contribution in [1.82, 2.24) is 0 Å². The van der Waals surface area contributed by atoms with Crippen molar-refractivity contribution in [3.8, 4) is 5.75 Å². The largest absolute Gasteiger partial charge is 0.494 e. The normalized spacial score (nSPS) is 11.2. The van der Waals surface area contributed by atoms with Crippen LogP contribution >= 0.6 is 0 Å². The summed E-state index contributed by atoms with van der Waals surface area (Å²) in [5, 5.41) is 2.76. The molecule has 0 spiro atoms. The van der Waals surface area contributed by atoms with Gasteiger partial charge in [-0.3, -0.25) is 8.98 Å². The van der Waals surface area contributed by atoms with Crippen molar-refractivity contribution in [3.05, 3.63) is 24.3 Å². The third kappa shape index (κ3) is 9.88. The van der Waals surface area contributed by atoms with Gasteiger partial charge in [0.2, 0.25) is 5.91 Å². The second-order valence-corrected chi connectivity index (χ2v) is 6.39. The zero-order valence-corrected chi connectivity index (χ0v) is 14.2. The number of benzene rings is 1. The van der Waals surface area contributed by atoms with Gasteiger partial charge in [0, 0.05) is 18.7 Å². The van der Waals surface area contributed by atoms with Gasteiger partial charge < -0.3 is 14.8 Å². The molecule has 7 nitrogen and oxygen atoms in total. The van der Waals surface area contributed by atoms with E-state index in [1.54, 1.807) is 24.3 Å². The highest BCUT2D eigenvalue weighted by molar-refractivity contribution is 7.85. The first-order valence-corrected chi connectivity index (χ1v) is 9.17. The van der Waals surface area contributed by atoms with Crippen LogP contribution in [-0.4, -0.2) is 47.0 Å². The maximum Gasteiger partial charge on any atom is 0.264 e. The lowest BCUT2D eigenvalue weighted by atomic mass is 10.3. The molecule has 0 atom stereocenters. The molecular weight excluding hydrogens is 322 g/mol. The van der Waals surface area contributed by atoms with Crippen LogP contribution in [0, 0.1) is 0 Å². The number of hydrogen-bond donors (Lipinski definition) is 1. The Kier molecular flexibility index (Phi) is 8.60. The summed E-state index contributed by atoms with van der Waals surface area (Å²) in [5.74, 6) is 0.529. The Morgan fingerprint density at radius 1 is 1.13 bits per heavy atom. The second-order valence-electron chi connectivity index (χ2n) is 4.75. The Bertz CT molecular complexity index is 570. The highest BCUT2D eigenvalue weighted by atomic mass is 32.2. The molecule has 1 rings (SSSR count). The third-order valence-electron chi connectivity index (χ3n) is 2.67. The van der Waals surface area contributed by atoms with Gasteiger partial charge in [0.1, 0.15) is 5.75 Å². The van der Waals surface area contributed by atoms with E-state index in [1.807, 2.05) is 6.92 Å². The lowest BCUT2D eigenvalue weighted by Gasteiger charge is -2.08. The number of carbonyl (C=O) groups excluding carboxylic acids is 1. The highest BCUT2D eigenvalue weighted by Crippen LogP contribution is 2.16. The molecule has 0 aromatic heterocycles. The van der Waals surface area contributed by atoms with Crippen molar-refractivity contribution in [2.75, 3.05) is 38.0 Å². The molecule has 0 aliphatic heterocycles. The van der Waals surface area contributed by atoms with E-state index in [1.165, 1.54) is 0 Å². The SMILES string of the molecule is CCOCCC(=O)Nc1ccc(OCCCOS(C)(=O)=O)cc1. The van der Waals surface area contributed by atoms with Crippen LogP contribution in [0.5, 0.6) is 5.75 Å². The van der Waals surface area contributed by atoms with Crippen molar-refractivity contribution in [2.45, 2.75) is 19.8 Å². The molecule has 0 fully saturated rings. The zero-order chi connectivity index (χ0) is 17.1. The summed E-state index contributed by atoms with van der Waals surface area (Å²) < 4.78 is 36.7. The van der Waals surface area contributed by atoms with Gasteiger partial charge in [0.05, 0.1) is 32.5 Å². The number of carbonyl (C=O) groups is 1. The number of anilines is 1. The van der Waals surface area contributed by atoms with Gasteiger partial charge in [-0.05, 0) is 31.2 Å². The Balaban J connectivity index is 2.26. The van der Waals surface area contributed by atoms with Crippen LogP contribution in [0.25, 0.3) is 0 Å². The van der Waals surface area contributed by atoms with Crippen LogP contribution in [0.3, 0.4) is 0 Å². The number of amides is 1. The first-order chi connectivity index (χ1) is 10.9. The monoisotopic (exact) mass is 345 g/mol. The Labute approximate surface area is 137 Å². The van der Waals surface area contributed by atoms with Gasteiger partial charge in [-0.25, -0.2) is 0 Å². The lowest BCUT2D eigenvalue weighted by Crippen LogP contribution is -2.14. The Morgan fingerprint density at radius 3 is 2.43 bits per heavy atom. The summed E-state index contributed by atoms with van der Waals surface area (Å²) in [6.45, 7) is 3.31. The first kappa shape index (κ1) is 19.4. The van der Waals surface area contributed by atoms with Crippen molar-refractivity contribution < 1.29 is 26.9 Å². The predicted molar refractivity (Wildman–Crippen MR) is 87.1 cm³/mol. The van der Waals surface area contributed by atoms with Crippen molar-refractivity contribution in [1.29, 1.82) is 0 Å². The van der Waals surface area contributed by atoms with Gasteiger partial charge in [0.25, 0.3) is 10.1 Å². The first-order valence-electron chi connectivity index (χ1n) is 7.35. The molecule has 0 bridgehead atoms. The quantitative estimate of drug-likeness (QED) is 0.486. The number of rotatable bonds is 11. The fraction of sp³-hybridized carbons (Fsp3) is 0.533. The molecule has 1 N–H and O–H groups in total. The fourth-order valence-electron chi connectivity index (χ4n) is 1.63. The minimum absolute atomic E-state index is 0.0901. The van der Waals surface area contributed by atoms with Crippen molar-refractivity contribution in [2.24, 2.45) is 0 Å². The molecule has 0 aliphatic rings. The second kappa shape index (κ2) is 10.2. The van der Waals surface area contributed by atoms with E-state index in [-0.39, 0.29) is 12.5 Å². The summed E-state index contributed by atoms with van der Waals surface area (Å²) in [5.41, 5.74) is 0.680. The van der Waals surface area contributed by atoms with Crippen LogP contribution in [0.4, 0.5) is 5.69 Å². The molecule has 0 saturated carbocycles. The molecule has 8 heteroatoms. The zero-order valence-electron chi connectivity index (χ0n) is 13.4. The molecule has 1 amide bonds. The molecule has 23 heavy (non-hydrogen) atoms. The maximum absolute atomic E-state index is 11.6. The van der Waals surface area contributed by atoms with Gasteiger partial charge in [-0.2, -0.15) is 8.42 Å². The Morgan fingerprint density at radius 2 is 1.83 bits per heavy atom. The van der Waals surface area contributed by atoms with Crippen molar-refractivity contribution in [3.63, 3.8) is 0 Å². The van der Waals surface area contributed by atoms with E-state index < -0.39 is 10.1 Å². The van der Waals surface area contributed by atoms with Gasteiger partial charge in [-0.1, -0.05) is 0 Å². The van der Waals surface area contributed by atoms with E-state index in [0.29, 0.717) is 44.1 Å². The summed E-state index contributed by atoms with van der Waals surface area (Å²) >= 11 is 0. The van der Waals surface area contributed by atoms with E-state index in [2.05, 4.69) is 9.50 Å². The number of nitrogens with one attached hydrogen (secondary N) is 1. The van der Waals surface area contributed by atoms with E-state index in [4.69, 9.17) is 9.47 Å². The molecule has 1 aromatic carbocycles. The predicted octanol–water partition coefficient (Wildman–Crippen LogP) is 1.80. The third-order valence-corrected chi connectivity index (χ3v) is 3.27. The topological polar surface area (TPSA) is 90.9 Å². The number of hydrogen-bond acceptors (Lipinski definition) is 6. The average molecular weight is 345 g/mol. The summed E-state index contributed by atoms with van der Waals surface area (Å²) in [6.07, 6.45) is 1.78. The Hall–Kier alpha value is -1.64. The van der Waals surface area contributed by atoms with Gasteiger partial charge in [0.15, 0.2) is 0 Å². The van der Waals surface area contributed by atoms with E-state index in [0.717, 1.165) is 6.26 Å². The minimum Gasteiger partial charge on any atom is -0.494 e. The summed E-state index contributed by atoms with van der Waals surface area (Å²) in [7, 11) is -3.40. The summed E-state index contributed by atoms with van der Waals surface area (Å²) in [4.78, 5) is 11.6. The lowest BCUT2D eigenvalue weighted by molar-refractivity contribution is -0.117. The molecule has 1 aromatic rings. The van der Waals surface area contributed by atoms with Crippen molar-refractivity contribution >= 4 is 21.7 Å². The molecule has 0 radical (unpaired) electrons. The molecule has 0 aliphatic carbocycles. The van der Waals surface area contributed by atoms with E-state index >= 15 is 0 Å². The summed E-state index contributed by atoms with van der Waals surface area (Å²) in [6, 6.07) is 6.94. The van der Waals surface area contributed by atoms with Crippen LogP contribution in [0.2, 0.25) is 0 Å². The molecule has 0 saturated heterocycles. The number of ether oxygens (including phenoxy) is 2. The molecule has 0 unspecified atom stereocenters. The smallest absolute Gasteiger partial charge is 0.264 e. The van der Waals surface area contributed by atoms with Gasteiger partial charge in [-0.15, -0.1) is 0 Å². The highest BCUT2D eigenvalue weighted by Gasteiger charge is 2.03. The molecule has 130 valence electrons. The van der Waals surface area contributed by atoms with Crippen LogP contribution < -0.4 is 10.1 Å². The van der Waals surface area contributed by atoms with E-state index in [9.17, 15) is 13.2 Å². The standard InChI is InChI=1S/C15H23NO6S/c1-3-20-12-9-15(17)16-13-5-7-14(8-6-13)21-10-4-11-22-23(2,18)19/h5-8H,3-4,9-12H2,1-2H3,(H,16,17). The van der Waals surface area contributed by atoms with Crippen LogP contribution in [0.15, 0.2) is 24.3 Å². The van der Waals surface area contributed by atoms with Crippen LogP contribution in [-0.2, 0) is 23.8 Å². The minimum atomic E-state index is -3.40. The molecule has 0 heterocycles. The average Bonchev–Trinajstić information content (AvgIpc) is 2.48. The maximum atomic E-state index is 11.6. The van der Waals surface area contributed by atoms with Crippen LogP contribution in [0.1, 0.15) is 19.8 Å². The molecular formula is C15H23NO6S.